The standard InChI is InChI=1S/C14H18O3/c1-14(2,9-12(15)16)11-7-3-5-10-6-4-8-17-13(10)11/h3,5,7H,4,6,8-9H2,1-2H3,(H,15,16). The molecule has 3 nitrogen and oxygen atoms in total. The van der Waals surface area contributed by atoms with Crippen LogP contribution in [0.1, 0.15) is 37.8 Å². The summed E-state index contributed by atoms with van der Waals surface area (Å²) in [6.07, 6.45) is 2.18. The molecule has 0 amide bonds. The van der Waals surface area contributed by atoms with E-state index in [-0.39, 0.29) is 6.42 Å². The molecule has 0 unspecified atom stereocenters. The van der Waals surface area contributed by atoms with Crippen molar-refractivity contribution < 1.29 is 14.6 Å². The average Bonchev–Trinajstić information content (AvgIpc) is 2.26. The van der Waals surface area contributed by atoms with Gasteiger partial charge in [-0.15, -0.1) is 0 Å². The summed E-state index contributed by atoms with van der Waals surface area (Å²) in [7, 11) is 0. The lowest BCUT2D eigenvalue weighted by Gasteiger charge is -2.29. The predicted molar refractivity (Wildman–Crippen MR) is 65.5 cm³/mol. The van der Waals surface area contributed by atoms with Crippen molar-refractivity contribution >= 4 is 5.97 Å². The third-order valence-electron chi connectivity index (χ3n) is 3.26. The van der Waals surface area contributed by atoms with Crippen LogP contribution in [0.3, 0.4) is 0 Å². The highest BCUT2D eigenvalue weighted by atomic mass is 16.5. The number of benzene rings is 1. The molecule has 1 heterocycles. The number of ether oxygens (including phenoxy) is 1. The van der Waals surface area contributed by atoms with Gasteiger partial charge in [0.2, 0.25) is 0 Å². The molecule has 0 saturated heterocycles. The predicted octanol–water partition coefficient (Wildman–Crippen LogP) is 2.76. The van der Waals surface area contributed by atoms with Crippen LogP contribution in [0.5, 0.6) is 5.75 Å². The summed E-state index contributed by atoms with van der Waals surface area (Å²) in [5, 5.41) is 8.97. The summed E-state index contributed by atoms with van der Waals surface area (Å²) >= 11 is 0. The van der Waals surface area contributed by atoms with Crippen LogP contribution < -0.4 is 4.74 Å². The number of hydrogen-bond acceptors (Lipinski definition) is 2. The Morgan fingerprint density at radius 3 is 2.94 bits per heavy atom. The number of aryl methyl sites for hydroxylation is 1. The number of rotatable bonds is 3. The number of aliphatic carboxylic acids is 1. The molecule has 0 saturated carbocycles. The number of carboxylic acids is 1. The van der Waals surface area contributed by atoms with E-state index in [1.807, 2.05) is 26.0 Å². The molecule has 1 N–H and O–H groups in total. The lowest BCUT2D eigenvalue weighted by Crippen LogP contribution is -2.24. The van der Waals surface area contributed by atoms with Gasteiger partial charge in [0.15, 0.2) is 0 Å². The molecule has 0 aliphatic carbocycles. The van der Waals surface area contributed by atoms with Crippen LogP contribution in [0, 0.1) is 0 Å². The highest BCUT2D eigenvalue weighted by molar-refractivity contribution is 5.69. The number of hydrogen-bond donors (Lipinski definition) is 1. The number of para-hydroxylation sites is 1. The molecule has 0 spiro atoms. The van der Waals surface area contributed by atoms with Crippen molar-refractivity contribution in [3.63, 3.8) is 0 Å². The van der Waals surface area contributed by atoms with E-state index in [9.17, 15) is 4.79 Å². The van der Waals surface area contributed by atoms with Crippen LogP contribution in [0.25, 0.3) is 0 Å². The molecule has 1 aliphatic heterocycles. The molecule has 1 aliphatic rings. The summed E-state index contributed by atoms with van der Waals surface area (Å²) in [6.45, 7) is 4.64. The molecule has 1 aromatic carbocycles. The normalized spacial score (nSPS) is 14.9. The van der Waals surface area contributed by atoms with Crippen molar-refractivity contribution in [2.45, 2.75) is 38.5 Å². The van der Waals surface area contributed by atoms with Gasteiger partial charge in [0, 0.05) is 11.0 Å². The Balaban J connectivity index is 2.41. The van der Waals surface area contributed by atoms with Crippen molar-refractivity contribution in [3.05, 3.63) is 29.3 Å². The van der Waals surface area contributed by atoms with Crippen LogP contribution in [-0.2, 0) is 16.6 Å². The molecule has 2 rings (SSSR count). The van der Waals surface area contributed by atoms with Crippen molar-refractivity contribution in [2.75, 3.05) is 6.61 Å². The fraction of sp³-hybridized carbons (Fsp3) is 0.500. The highest BCUT2D eigenvalue weighted by Crippen LogP contribution is 2.38. The molecular formula is C14H18O3. The first-order valence-corrected chi connectivity index (χ1v) is 5.98. The minimum atomic E-state index is -0.775. The van der Waals surface area contributed by atoms with E-state index in [1.165, 1.54) is 5.56 Å². The van der Waals surface area contributed by atoms with Crippen LogP contribution in [0.15, 0.2) is 18.2 Å². The molecule has 17 heavy (non-hydrogen) atoms. The maximum Gasteiger partial charge on any atom is 0.304 e. The van der Waals surface area contributed by atoms with E-state index < -0.39 is 11.4 Å². The van der Waals surface area contributed by atoms with Gasteiger partial charge in [-0.3, -0.25) is 4.79 Å². The van der Waals surface area contributed by atoms with Crippen LogP contribution >= 0.6 is 0 Å². The minimum Gasteiger partial charge on any atom is -0.493 e. The van der Waals surface area contributed by atoms with Crippen molar-refractivity contribution in [1.82, 2.24) is 0 Å². The molecule has 0 aromatic heterocycles. The molecular weight excluding hydrogens is 216 g/mol. The van der Waals surface area contributed by atoms with E-state index in [4.69, 9.17) is 9.84 Å². The van der Waals surface area contributed by atoms with E-state index in [0.29, 0.717) is 0 Å². The summed E-state index contributed by atoms with van der Waals surface area (Å²) in [5.74, 6) is 0.133. The second-order valence-corrected chi connectivity index (χ2v) is 5.20. The van der Waals surface area contributed by atoms with Gasteiger partial charge in [0.1, 0.15) is 5.75 Å². The Morgan fingerprint density at radius 2 is 2.24 bits per heavy atom. The van der Waals surface area contributed by atoms with Crippen LogP contribution in [-0.4, -0.2) is 17.7 Å². The second kappa shape index (κ2) is 4.40. The first-order valence-electron chi connectivity index (χ1n) is 5.98. The molecule has 1 aromatic rings. The van der Waals surface area contributed by atoms with Crippen molar-refractivity contribution in [3.8, 4) is 5.75 Å². The van der Waals surface area contributed by atoms with E-state index in [1.54, 1.807) is 0 Å². The third-order valence-corrected chi connectivity index (χ3v) is 3.26. The zero-order valence-electron chi connectivity index (χ0n) is 10.3. The summed E-state index contributed by atoms with van der Waals surface area (Å²) in [4.78, 5) is 10.9. The first-order chi connectivity index (χ1) is 8.00. The Bertz CT molecular complexity index is 435. The smallest absolute Gasteiger partial charge is 0.304 e. The van der Waals surface area contributed by atoms with Crippen LogP contribution in [0.2, 0.25) is 0 Å². The zero-order valence-corrected chi connectivity index (χ0v) is 10.3. The maximum atomic E-state index is 10.9. The molecule has 92 valence electrons. The topological polar surface area (TPSA) is 46.5 Å². The summed E-state index contributed by atoms with van der Waals surface area (Å²) in [5.41, 5.74) is 1.82. The second-order valence-electron chi connectivity index (χ2n) is 5.20. The fourth-order valence-corrected chi connectivity index (χ4v) is 2.40. The number of carbonyl (C=O) groups is 1. The number of carboxylic acid groups (broad SMARTS) is 1. The maximum absolute atomic E-state index is 10.9. The van der Waals surface area contributed by atoms with Gasteiger partial charge in [0.05, 0.1) is 13.0 Å². The Morgan fingerprint density at radius 1 is 1.47 bits per heavy atom. The lowest BCUT2D eigenvalue weighted by atomic mass is 9.79. The fourth-order valence-electron chi connectivity index (χ4n) is 2.40. The monoisotopic (exact) mass is 234 g/mol. The van der Waals surface area contributed by atoms with E-state index >= 15 is 0 Å². The SMILES string of the molecule is CC(C)(CC(=O)O)c1cccc2c1OCCC2. The van der Waals surface area contributed by atoms with Gasteiger partial charge in [0.25, 0.3) is 0 Å². The van der Waals surface area contributed by atoms with Crippen molar-refractivity contribution in [2.24, 2.45) is 0 Å². The average molecular weight is 234 g/mol. The van der Waals surface area contributed by atoms with Gasteiger partial charge in [-0.05, 0) is 18.4 Å². The Kier molecular flexibility index (Phi) is 3.09. The zero-order chi connectivity index (χ0) is 12.5. The molecule has 0 fully saturated rings. The van der Waals surface area contributed by atoms with E-state index in [0.717, 1.165) is 30.8 Å². The molecule has 3 heteroatoms. The van der Waals surface area contributed by atoms with Gasteiger partial charge >= 0.3 is 5.97 Å². The van der Waals surface area contributed by atoms with Gasteiger partial charge in [-0.25, -0.2) is 0 Å². The highest BCUT2D eigenvalue weighted by Gasteiger charge is 2.29. The lowest BCUT2D eigenvalue weighted by molar-refractivity contribution is -0.138. The largest absolute Gasteiger partial charge is 0.493 e. The molecule has 0 radical (unpaired) electrons. The molecule has 0 atom stereocenters. The van der Waals surface area contributed by atoms with Gasteiger partial charge in [-0.1, -0.05) is 32.0 Å². The first kappa shape index (κ1) is 12.0. The van der Waals surface area contributed by atoms with Gasteiger partial charge < -0.3 is 9.84 Å². The third kappa shape index (κ3) is 2.43. The van der Waals surface area contributed by atoms with E-state index in [2.05, 4.69) is 6.07 Å². The number of fused-ring (bicyclic) bond motifs is 1. The quantitative estimate of drug-likeness (QED) is 0.874. The Hall–Kier alpha value is -1.51. The summed E-state index contributed by atoms with van der Waals surface area (Å²) < 4.78 is 5.73. The van der Waals surface area contributed by atoms with Crippen LogP contribution in [0.4, 0.5) is 0 Å². The van der Waals surface area contributed by atoms with Crippen molar-refractivity contribution in [1.29, 1.82) is 0 Å². The Labute approximate surface area is 101 Å². The summed E-state index contributed by atoms with van der Waals surface area (Å²) in [6, 6.07) is 6.04. The van der Waals surface area contributed by atoms with Gasteiger partial charge in [-0.2, -0.15) is 0 Å². The molecule has 0 bridgehead atoms. The minimum absolute atomic E-state index is 0.118.